The molecule has 4 heteroatoms. The van der Waals surface area contributed by atoms with Gasteiger partial charge in [0.1, 0.15) is 0 Å². The summed E-state index contributed by atoms with van der Waals surface area (Å²) in [5.74, 6) is 1.58. The van der Waals surface area contributed by atoms with Crippen LogP contribution in [-0.4, -0.2) is 32.5 Å². The van der Waals surface area contributed by atoms with Crippen molar-refractivity contribution in [2.75, 3.05) is 20.8 Å². The minimum absolute atomic E-state index is 0.168. The van der Waals surface area contributed by atoms with E-state index in [-0.39, 0.29) is 5.60 Å². The predicted octanol–water partition coefficient (Wildman–Crippen LogP) is 3.14. The zero-order chi connectivity index (χ0) is 15.3. The monoisotopic (exact) mass is 293 g/mol. The average molecular weight is 293 g/mol. The van der Waals surface area contributed by atoms with E-state index >= 15 is 0 Å². The van der Waals surface area contributed by atoms with Gasteiger partial charge in [0, 0.05) is 26.1 Å². The third kappa shape index (κ3) is 5.21. The molecular weight excluding hydrogens is 266 g/mol. The summed E-state index contributed by atoms with van der Waals surface area (Å²) in [7, 11) is 3.40. The molecule has 0 heterocycles. The number of hydrogen-bond acceptors (Lipinski definition) is 4. The zero-order valence-corrected chi connectivity index (χ0v) is 13.6. The Kier molecular flexibility index (Phi) is 5.48. The van der Waals surface area contributed by atoms with Gasteiger partial charge in [0.25, 0.3) is 0 Å². The molecule has 0 aliphatic heterocycles. The summed E-state index contributed by atoms with van der Waals surface area (Å²) >= 11 is 0. The van der Waals surface area contributed by atoms with Crippen LogP contribution in [0.2, 0.25) is 0 Å². The summed E-state index contributed by atoms with van der Waals surface area (Å²) in [4.78, 5) is 0. The molecule has 4 nitrogen and oxygen atoms in total. The van der Waals surface area contributed by atoms with Crippen LogP contribution >= 0.6 is 0 Å². The van der Waals surface area contributed by atoms with Gasteiger partial charge in [-0.15, -0.1) is 0 Å². The maximum Gasteiger partial charge on any atom is 0.161 e. The standard InChI is InChI=1S/C17H27NO3/c1-17(2,20-4)9-10-21-16-11-13(5-8-15(16)19-3)12-18-14-6-7-14/h5,8,11,14,18H,6-7,9-10,12H2,1-4H3. The maximum absolute atomic E-state index is 5.90. The molecule has 2 rings (SSSR count). The molecular formula is C17H27NO3. The lowest BCUT2D eigenvalue weighted by molar-refractivity contribution is 0.00525. The molecule has 1 N–H and O–H groups in total. The zero-order valence-electron chi connectivity index (χ0n) is 13.6. The van der Waals surface area contributed by atoms with Gasteiger partial charge in [-0.3, -0.25) is 0 Å². The molecule has 0 aromatic heterocycles. The highest BCUT2D eigenvalue weighted by Gasteiger charge is 2.20. The smallest absolute Gasteiger partial charge is 0.161 e. The lowest BCUT2D eigenvalue weighted by atomic mass is 10.1. The van der Waals surface area contributed by atoms with Crippen molar-refractivity contribution in [3.63, 3.8) is 0 Å². The molecule has 0 spiro atoms. The van der Waals surface area contributed by atoms with E-state index in [4.69, 9.17) is 14.2 Å². The average Bonchev–Trinajstić information content (AvgIpc) is 3.29. The minimum Gasteiger partial charge on any atom is -0.493 e. The lowest BCUT2D eigenvalue weighted by Crippen LogP contribution is -2.25. The normalized spacial score (nSPS) is 15.0. The van der Waals surface area contributed by atoms with Crippen molar-refractivity contribution in [1.82, 2.24) is 5.32 Å². The molecule has 0 atom stereocenters. The van der Waals surface area contributed by atoms with Crippen LogP contribution in [0.5, 0.6) is 11.5 Å². The molecule has 118 valence electrons. The van der Waals surface area contributed by atoms with E-state index in [1.807, 2.05) is 6.07 Å². The second-order valence-corrected chi connectivity index (χ2v) is 6.20. The van der Waals surface area contributed by atoms with E-state index in [1.165, 1.54) is 18.4 Å². The fraction of sp³-hybridized carbons (Fsp3) is 0.647. The van der Waals surface area contributed by atoms with Crippen molar-refractivity contribution in [2.45, 2.75) is 51.3 Å². The van der Waals surface area contributed by atoms with E-state index < -0.39 is 0 Å². The molecule has 1 saturated carbocycles. The van der Waals surface area contributed by atoms with E-state index in [1.54, 1.807) is 14.2 Å². The van der Waals surface area contributed by atoms with Gasteiger partial charge in [-0.05, 0) is 44.4 Å². The van der Waals surface area contributed by atoms with Crippen molar-refractivity contribution in [2.24, 2.45) is 0 Å². The topological polar surface area (TPSA) is 39.7 Å². The number of methoxy groups -OCH3 is 2. The van der Waals surface area contributed by atoms with Crippen molar-refractivity contribution in [1.29, 1.82) is 0 Å². The molecule has 1 fully saturated rings. The Morgan fingerprint density at radius 3 is 2.57 bits per heavy atom. The van der Waals surface area contributed by atoms with Gasteiger partial charge in [0.05, 0.1) is 19.3 Å². The predicted molar refractivity (Wildman–Crippen MR) is 84.1 cm³/mol. The van der Waals surface area contributed by atoms with Crippen molar-refractivity contribution in [3.05, 3.63) is 23.8 Å². The summed E-state index contributed by atoms with van der Waals surface area (Å²) in [5.41, 5.74) is 1.06. The fourth-order valence-corrected chi connectivity index (χ4v) is 2.00. The SMILES string of the molecule is COc1ccc(CNC2CC2)cc1OCCC(C)(C)OC. The van der Waals surface area contributed by atoms with Crippen LogP contribution in [0.25, 0.3) is 0 Å². The van der Waals surface area contributed by atoms with E-state index in [0.29, 0.717) is 12.6 Å². The van der Waals surface area contributed by atoms with Crippen molar-refractivity contribution >= 4 is 0 Å². The molecule has 0 unspecified atom stereocenters. The van der Waals surface area contributed by atoms with Crippen LogP contribution in [0.1, 0.15) is 38.7 Å². The van der Waals surface area contributed by atoms with E-state index in [2.05, 4.69) is 31.3 Å². The molecule has 1 aliphatic rings. The van der Waals surface area contributed by atoms with Crippen molar-refractivity contribution in [3.8, 4) is 11.5 Å². The van der Waals surface area contributed by atoms with Crippen LogP contribution in [0.15, 0.2) is 18.2 Å². The largest absolute Gasteiger partial charge is 0.493 e. The van der Waals surface area contributed by atoms with E-state index in [9.17, 15) is 0 Å². The highest BCUT2D eigenvalue weighted by molar-refractivity contribution is 5.43. The molecule has 21 heavy (non-hydrogen) atoms. The molecule has 0 saturated heterocycles. The van der Waals surface area contributed by atoms with Crippen LogP contribution in [-0.2, 0) is 11.3 Å². The van der Waals surface area contributed by atoms with Crippen LogP contribution in [0.3, 0.4) is 0 Å². The number of hydrogen-bond donors (Lipinski definition) is 1. The summed E-state index contributed by atoms with van der Waals surface area (Å²) in [6.07, 6.45) is 3.43. The summed E-state index contributed by atoms with van der Waals surface area (Å²) in [6, 6.07) is 6.83. The Bertz CT molecular complexity index is 455. The summed E-state index contributed by atoms with van der Waals surface area (Å²) in [5, 5.41) is 3.51. The third-order valence-electron chi connectivity index (χ3n) is 3.91. The Morgan fingerprint density at radius 1 is 1.19 bits per heavy atom. The van der Waals surface area contributed by atoms with Gasteiger partial charge < -0.3 is 19.5 Å². The van der Waals surface area contributed by atoms with Crippen LogP contribution < -0.4 is 14.8 Å². The molecule has 0 amide bonds. The van der Waals surface area contributed by atoms with Gasteiger partial charge in [-0.25, -0.2) is 0 Å². The van der Waals surface area contributed by atoms with Crippen LogP contribution in [0, 0.1) is 0 Å². The van der Waals surface area contributed by atoms with E-state index in [0.717, 1.165) is 24.5 Å². The first-order valence-corrected chi connectivity index (χ1v) is 7.62. The minimum atomic E-state index is -0.168. The number of ether oxygens (including phenoxy) is 3. The third-order valence-corrected chi connectivity index (χ3v) is 3.91. The van der Waals surface area contributed by atoms with Crippen molar-refractivity contribution < 1.29 is 14.2 Å². The van der Waals surface area contributed by atoms with Crippen LogP contribution in [0.4, 0.5) is 0 Å². The molecule has 1 aromatic rings. The fourth-order valence-electron chi connectivity index (χ4n) is 2.00. The summed E-state index contributed by atoms with van der Waals surface area (Å²) < 4.78 is 16.7. The molecule has 1 aliphatic carbocycles. The number of rotatable bonds is 9. The molecule has 1 aromatic carbocycles. The highest BCUT2D eigenvalue weighted by Crippen LogP contribution is 2.29. The Hall–Kier alpha value is -1.26. The van der Waals surface area contributed by atoms with Gasteiger partial charge in [0.2, 0.25) is 0 Å². The first-order chi connectivity index (χ1) is 10.0. The van der Waals surface area contributed by atoms with Gasteiger partial charge in [-0.1, -0.05) is 6.07 Å². The quantitative estimate of drug-likeness (QED) is 0.759. The lowest BCUT2D eigenvalue weighted by Gasteiger charge is -2.23. The maximum atomic E-state index is 5.90. The van der Waals surface area contributed by atoms with Gasteiger partial charge in [-0.2, -0.15) is 0 Å². The summed E-state index contributed by atoms with van der Waals surface area (Å²) in [6.45, 7) is 5.61. The number of nitrogens with one attached hydrogen (secondary N) is 1. The Balaban J connectivity index is 1.92. The first-order valence-electron chi connectivity index (χ1n) is 7.62. The molecule has 0 bridgehead atoms. The van der Waals surface area contributed by atoms with Gasteiger partial charge >= 0.3 is 0 Å². The second kappa shape index (κ2) is 7.14. The van der Waals surface area contributed by atoms with Gasteiger partial charge in [0.15, 0.2) is 11.5 Å². The Morgan fingerprint density at radius 2 is 1.95 bits per heavy atom. The first kappa shape index (κ1) is 16.1. The number of benzene rings is 1. The highest BCUT2D eigenvalue weighted by atomic mass is 16.5. The second-order valence-electron chi connectivity index (χ2n) is 6.20. The molecule has 0 radical (unpaired) electrons. The Labute approximate surface area is 127 Å².